The van der Waals surface area contributed by atoms with Crippen molar-refractivity contribution in [1.29, 1.82) is 0 Å². The van der Waals surface area contributed by atoms with Gasteiger partial charge in [0.05, 0.1) is 6.61 Å². The summed E-state index contributed by atoms with van der Waals surface area (Å²) in [5.74, 6) is 2.19. The zero-order valence-electron chi connectivity index (χ0n) is 14.6. The predicted octanol–water partition coefficient (Wildman–Crippen LogP) is 4.03. The van der Waals surface area contributed by atoms with E-state index in [4.69, 9.17) is 9.84 Å². The summed E-state index contributed by atoms with van der Waals surface area (Å²) in [6.45, 7) is 2.69. The third-order valence-electron chi connectivity index (χ3n) is 3.66. The van der Waals surface area contributed by atoms with Gasteiger partial charge in [-0.05, 0) is 48.9 Å². The van der Waals surface area contributed by atoms with E-state index in [1.807, 2.05) is 42.5 Å². The Morgan fingerprint density at radius 2 is 1.65 bits per heavy atom. The first-order valence-corrected chi connectivity index (χ1v) is 8.49. The highest BCUT2D eigenvalue weighted by Gasteiger charge is 2.02. The Bertz CT molecular complexity index is 837. The lowest BCUT2D eigenvalue weighted by molar-refractivity contribution is 0.233. The molecule has 0 fully saturated rings. The second-order valence-corrected chi connectivity index (χ2v) is 5.86. The van der Waals surface area contributed by atoms with E-state index >= 15 is 0 Å². The summed E-state index contributed by atoms with van der Waals surface area (Å²) < 4.78 is 5.52. The topological polar surface area (TPSA) is 79.3 Å². The van der Waals surface area contributed by atoms with Crippen molar-refractivity contribution in [2.24, 2.45) is 0 Å². The van der Waals surface area contributed by atoms with Crippen LogP contribution in [0.15, 0.2) is 60.9 Å². The molecule has 0 saturated carbocycles. The molecule has 134 valence electrons. The molecule has 0 bridgehead atoms. The Hall–Kier alpha value is -3.12. The summed E-state index contributed by atoms with van der Waals surface area (Å²) in [5, 5.41) is 15.3. The van der Waals surface area contributed by atoms with Crippen LogP contribution in [0.1, 0.15) is 12.0 Å². The molecule has 0 aliphatic rings. The van der Waals surface area contributed by atoms with Gasteiger partial charge in [0.25, 0.3) is 0 Å². The van der Waals surface area contributed by atoms with E-state index in [0.717, 1.165) is 22.9 Å². The molecule has 6 heteroatoms. The average molecular weight is 350 g/mol. The lowest BCUT2D eigenvalue weighted by Gasteiger charge is -2.10. The summed E-state index contributed by atoms with van der Waals surface area (Å²) in [6, 6.07) is 17.6. The molecule has 0 unspecified atom stereocenters. The number of aliphatic hydroxyl groups excluding tert-OH is 1. The van der Waals surface area contributed by atoms with Crippen LogP contribution in [0.2, 0.25) is 0 Å². The quantitative estimate of drug-likeness (QED) is 0.532. The van der Waals surface area contributed by atoms with Gasteiger partial charge in [0.1, 0.15) is 23.7 Å². The second kappa shape index (κ2) is 8.82. The number of aliphatic hydroxyl groups is 1. The maximum absolute atomic E-state index is 8.77. The van der Waals surface area contributed by atoms with Crippen molar-refractivity contribution in [3.63, 3.8) is 0 Å². The van der Waals surface area contributed by atoms with Gasteiger partial charge in [-0.2, -0.15) is 0 Å². The number of anilines is 4. The van der Waals surface area contributed by atoms with Gasteiger partial charge in [0.15, 0.2) is 0 Å². The number of hydrogen-bond donors (Lipinski definition) is 3. The van der Waals surface area contributed by atoms with Crippen molar-refractivity contribution < 1.29 is 9.84 Å². The molecule has 3 N–H and O–H groups in total. The molecule has 2 aromatic carbocycles. The van der Waals surface area contributed by atoms with Crippen LogP contribution in [-0.4, -0.2) is 28.3 Å². The van der Waals surface area contributed by atoms with Gasteiger partial charge in [-0.1, -0.05) is 12.1 Å². The van der Waals surface area contributed by atoms with E-state index in [1.54, 1.807) is 0 Å². The zero-order chi connectivity index (χ0) is 18.2. The molecule has 0 amide bonds. The van der Waals surface area contributed by atoms with Crippen LogP contribution >= 0.6 is 0 Å². The zero-order valence-corrected chi connectivity index (χ0v) is 14.6. The summed E-state index contributed by atoms with van der Waals surface area (Å²) in [4.78, 5) is 8.51. The first kappa shape index (κ1) is 17.7. The molecule has 3 rings (SSSR count). The van der Waals surface area contributed by atoms with E-state index in [9.17, 15) is 0 Å². The molecule has 1 aromatic heterocycles. The number of ether oxygens (including phenoxy) is 1. The highest BCUT2D eigenvalue weighted by Crippen LogP contribution is 2.21. The van der Waals surface area contributed by atoms with Gasteiger partial charge < -0.3 is 20.5 Å². The summed E-state index contributed by atoms with van der Waals surface area (Å²) in [7, 11) is 0. The van der Waals surface area contributed by atoms with Crippen molar-refractivity contribution in [2.75, 3.05) is 23.8 Å². The number of aromatic nitrogens is 2. The lowest BCUT2D eigenvalue weighted by atomic mass is 10.2. The number of hydrogen-bond acceptors (Lipinski definition) is 6. The fraction of sp³-hybridized carbons (Fsp3) is 0.200. The predicted molar refractivity (Wildman–Crippen MR) is 103 cm³/mol. The third kappa shape index (κ3) is 5.19. The molecule has 6 nitrogen and oxygen atoms in total. The highest BCUT2D eigenvalue weighted by atomic mass is 16.5. The van der Waals surface area contributed by atoms with Gasteiger partial charge in [0, 0.05) is 30.5 Å². The Balaban J connectivity index is 1.63. The first-order chi connectivity index (χ1) is 12.7. The van der Waals surface area contributed by atoms with E-state index < -0.39 is 0 Å². The van der Waals surface area contributed by atoms with Crippen LogP contribution in [-0.2, 0) is 0 Å². The number of nitrogens with one attached hydrogen (secondary N) is 2. The molecule has 0 aliphatic carbocycles. The molecule has 0 aliphatic heterocycles. The SMILES string of the molecule is Cc1cccc(Nc2cc(Nc3ccc(OCCCO)cc3)ncn2)c1. The van der Waals surface area contributed by atoms with Crippen molar-refractivity contribution in [3.8, 4) is 5.75 Å². The van der Waals surface area contributed by atoms with Crippen LogP contribution in [0, 0.1) is 6.92 Å². The van der Waals surface area contributed by atoms with Gasteiger partial charge in [-0.25, -0.2) is 9.97 Å². The van der Waals surface area contributed by atoms with E-state index in [-0.39, 0.29) is 6.61 Å². The normalized spacial score (nSPS) is 10.4. The van der Waals surface area contributed by atoms with Crippen molar-refractivity contribution in [2.45, 2.75) is 13.3 Å². The third-order valence-corrected chi connectivity index (χ3v) is 3.66. The lowest BCUT2D eigenvalue weighted by Crippen LogP contribution is -2.00. The second-order valence-electron chi connectivity index (χ2n) is 5.86. The number of benzene rings is 2. The van der Waals surface area contributed by atoms with Gasteiger partial charge in [-0.3, -0.25) is 0 Å². The maximum Gasteiger partial charge on any atom is 0.135 e. The Labute approximate surface area is 152 Å². The van der Waals surface area contributed by atoms with Crippen molar-refractivity contribution in [1.82, 2.24) is 9.97 Å². The molecule has 3 aromatic rings. The Kier molecular flexibility index (Phi) is 6.01. The molecule has 0 saturated heterocycles. The van der Waals surface area contributed by atoms with Crippen molar-refractivity contribution >= 4 is 23.0 Å². The van der Waals surface area contributed by atoms with Crippen LogP contribution in [0.3, 0.4) is 0 Å². The van der Waals surface area contributed by atoms with Crippen molar-refractivity contribution in [3.05, 3.63) is 66.5 Å². The minimum Gasteiger partial charge on any atom is -0.494 e. The average Bonchev–Trinajstić information content (AvgIpc) is 2.64. The first-order valence-electron chi connectivity index (χ1n) is 8.49. The minimum absolute atomic E-state index is 0.131. The standard InChI is InChI=1S/C20H22N4O2/c1-15-4-2-5-17(12-15)24-20-13-19(21-14-22-20)23-16-6-8-18(9-7-16)26-11-3-10-25/h2,4-9,12-14,25H,3,10-11H2,1H3,(H2,21,22,23,24). The molecule has 26 heavy (non-hydrogen) atoms. The molecule has 1 heterocycles. The summed E-state index contributed by atoms with van der Waals surface area (Å²) in [6.07, 6.45) is 2.14. The largest absolute Gasteiger partial charge is 0.494 e. The van der Waals surface area contributed by atoms with Gasteiger partial charge in [0.2, 0.25) is 0 Å². The van der Waals surface area contributed by atoms with Crippen LogP contribution in [0.5, 0.6) is 5.75 Å². The Morgan fingerprint density at radius 3 is 2.35 bits per heavy atom. The monoisotopic (exact) mass is 350 g/mol. The molecule has 0 radical (unpaired) electrons. The Morgan fingerprint density at radius 1 is 0.923 bits per heavy atom. The van der Waals surface area contributed by atoms with E-state index in [1.165, 1.54) is 11.9 Å². The van der Waals surface area contributed by atoms with Gasteiger partial charge >= 0.3 is 0 Å². The van der Waals surface area contributed by atoms with Crippen LogP contribution in [0.25, 0.3) is 0 Å². The van der Waals surface area contributed by atoms with E-state index in [0.29, 0.717) is 18.8 Å². The fourth-order valence-corrected chi connectivity index (χ4v) is 2.40. The number of aryl methyl sites for hydroxylation is 1. The minimum atomic E-state index is 0.131. The molecule has 0 atom stereocenters. The maximum atomic E-state index is 8.77. The highest BCUT2D eigenvalue weighted by molar-refractivity contribution is 5.63. The number of rotatable bonds is 8. The summed E-state index contributed by atoms with van der Waals surface area (Å²) >= 11 is 0. The fourth-order valence-electron chi connectivity index (χ4n) is 2.40. The molecular weight excluding hydrogens is 328 g/mol. The summed E-state index contributed by atoms with van der Waals surface area (Å²) in [5.41, 5.74) is 3.07. The molecular formula is C20H22N4O2. The van der Waals surface area contributed by atoms with E-state index in [2.05, 4.69) is 39.7 Å². The van der Waals surface area contributed by atoms with Crippen LogP contribution < -0.4 is 15.4 Å². The van der Waals surface area contributed by atoms with Gasteiger partial charge in [-0.15, -0.1) is 0 Å². The molecule has 0 spiro atoms. The smallest absolute Gasteiger partial charge is 0.135 e. The number of nitrogens with zero attached hydrogens (tertiary/aromatic N) is 2. The van der Waals surface area contributed by atoms with Crippen LogP contribution in [0.4, 0.5) is 23.0 Å².